The summed E-state index contributed by atoms with van der Waals surface area (Å²) < 4.78 is 0. The summed E-state index contributed by atoms with van der Waals surface area (Å²) in [6.07, 6.45) is -0.363. The molecule has 0 aromatic heterocycles. The Labute approximate surface area is 104 Å². The van der Waals surface area contributed by atoms with E-state index in [1.54, 1.807) is 0 Å². The third-order valence-corrected chi connectivity index (χ3v) is 2.53. The van der Waals surface area contributed by atoms with E-state index in [0.29, 0.717) is 19.1 Å². The second kappa shape index (κ2) is 6.62. The van der Waals surface area contributed by atoms with Crippen molar-refractivity contribution in [1.82, 2.24) is 5.32 Å². The molecule has 0 spiro atoms. The van der Waals surface area contributed by atoms with Crippen molar-refractivity contribution < 1.29 is 5.11 Å². The lowest BCUT2D eigenvalue weighted by molar-refractivity contribution is 0.181. The van der Waals surface area contributed by atoms with Crippen molar-refractivity contribution in [2.75, 3.05) is 18.4 Å². The Morgan fingerprint density at radius 2 is 1.65 bits per heavy atom. The van der Waals surface area contributed by atoms with Gasteiger partial charge in [-0.2, -0.15) is 0 Å². The van der Waals surface area contributed by atoms with E-state index < -0.39 is 0 Å². The molecule has 1 atom stereocenters. The molecule has 0 saturated heterocycles. The Morgan fingerprint density at radius 3 is 2.18 bits per heavy atom. The van der Waals surface area contributed by atoms with Gasteiger partial charge in [0.15, 0.2) is 0 Å². The minimum Gasteiger partial charge on any atom is -0.390 e. The summed E-state index contributed by atoms with van der Waals surface area (Å²) in [5.74, 6) is 0. The average molecular weight is 236 g/mol. The quantitative estimate of drug-likeness (QED) is 0.708. The van der Waals surface area contributed by atoms with Crippen LogP contribution in [0.5, 0.6) is 0 Å². The molecular formula is C14H24N2O. The molecule has 0 fully saturated rings. The van der Waals surface area contributed by atoms with Crippen molar-refractivity contribution in [1.29, 1.82) is 0 Å². The predicted octanol–water partition coefficient (Wildman–Crippen LogP) is 2.07. The number of nitrogens with one attached hydrogen (secondary N) is 2. The molecule has 0 aliphatic carbocycles. The van der Waals surface area contributed by atoms with Crippen LogP contribution in [0, 0.1) is 13.8 Å². The average Bonchev–Trinajstić information content (AvgIpc) is 2.22. The molecule has 1 unspecified atom stereocenters. The lowest BCUT2D eigenvalue weighted by atomic mass is 10.1. The highest BCUT2D eigenvalue weighted by Gasteiger charge is 2.04. The monoisotopic (exact) mass is 236 g/mol. The van der Waals surface area contributed by atoms with Crippen molar-refractivity contribution >= 4 is 5.69 Å². The maximum atomic E-state index is 9.77. The van der Waals surface area contributed by atoms with Gasteiger partial charge >= 0.3 is 0 Å². The van der Waals surface area contributed by atoms with Crippen LogP contribution in [-0.4, -0.2) is 30.3 Å². The van der Waals surface area contributed by atoms with Crippen LogP contribution in [0.25, 0.3) is 0 Å². The first-order valence-corrected chi connectivity index (χ1v) is 6.21. The van der Waals surface area contributed by atoms with E-state index in [9.17, 15) is 5.11 Å². The molecule has 0 aliphatic heterocycles. The van der Waals surface area contributed by atoms with Crippen LogP contribution in [-0.2, 0) is 0 Å². The molecule has 3 nitrogen and oxygen atoms in total. The summed E-state index contributed by atoms with van der Waals surface area (Å²) in [6, 6.07) is 6.73. The highest BCUT2D eigenvalue weighted by Crippen LogP contribution is 2.13. The van der Waals surface area contributed by atoms with Gasteiger partial charge in [0.2, 0.25) is 0 Å². The molecule has 0 amide bonds. The first kappa shape index (κ1) is 14.0. The number of aliphatic hydroxyl groups excluding tert-OH is 1. The summed E-state index contributed by atoms with van der Waals surface area (Å²) in [6.45, 7) is 9.50. The van der Waals surface area contributed by atoms with Gasteiger partial charge in [-0.15, -0.1) is 0 Å². The lowest BCUT2D eigenvalue weighted by Gasteiger charge is -2.16. The van der Waals surface area contributed by atoms with Crippen molar-refractivity contribution in [3.63, 3.8) is 0 Å². The van der Waals surface area contributed by atoms with E-state index in [2.05, 4.69) is 56.5 Å². The Bertz CT molecular complexity index is 330. The fourth-order valence-corrected chi connectivity index (χ4v) is 1.76. The van der Waals surface area contributed by atoms with E-state index >= 15 is 0 Å². The van der Waals surface area contributed by atoms with Gasteiger partial charge in [0, 0.05) is 24.8 Å². The number of anilines is 1. The van der Waals surface area contributed by atoms with Crippen LogP contribution >= 0.6 is 0 Å². The Kier molecular flexibility index (Phi) is 5.45. The number of benzene rings is 1. The van der Waals surface area contributed by atoms with Gasteiger partial charge in [0.25, 0.3) is 0 Å². The van der Waals surface area contributed by atoms with E-state index in [-0.39, 0.29) is 6.10 Å². The van der Waals surface area contributed by atoms with Crippen molar-refractivity contribution in [2.45, 2.75) is 39.8 Å². The molecular weight excluding hydrogens is 212 g/mol. The van der Waals surface area contributed by atoms with Gasteiger partial charge in [0.05, 0.1) is 6.10 Å². The van der Waals surface area contributed by atoms with E-state index in [4.69, 9.17) is 0 Å². The minimum absolute atomic E-state index is 0.363. The van der Waals surface area contributed by atoms with Crippen LogP contribution in [0.4, 0.5) is 5.69 Å². The van der Waals surface area contributed by atoms with Crippen LogP contribution in [0.15, 0.2) is 18.2 Å². The summed E-state index contributed by atoms with van der Waals surface area (Å²) in [7, 11) is 0. The molecule has 0 aliphatic rings. The van der Waals surface area contributed by atoms with E-state index in [1.165, 1.54) is 11.1 Å². The highest BCUT2D eigenvalue weighted by molar-refractivity contribution is 5.48. The molecule has 0 bridgehead atoms. The van der Waals surface area contributed by atoms with Crippen LogP contribution in [0.1, 0.15) is 25.0 Å². The highest BCUT2D eigenvalue weighted by atomic mass is 16.3. The standard InChI is InChI=1S/C14H24N2O/c1-10(2)15-8-14(17)9-16-13-6-11(3)5-12(4)7-13/h5-7,10,14-17H,8-9H2,1-4H3. The molecule has 1 aromatic carbocycles. The molecule has 0 radical (unpaired) electrons. The molecule has 17 heavy (non-hydrogen) atoms. The van der Waals surface area contributed by atoms with Crippen molar-refractivity contribution in [3.05, 3.63) is 29.3 Å². The summed E-state index contributed by atoms with van der Waals surface area (Å²) in [5, 5.41) is 16.2. The fraction of sp³-hybridized carbons (Fsp3) is 0.571. The molecule has 1 aromatic rings. The molecule has 0 heterocycles. The summed E-state index contributed by atoms with van der Waals surface area (Å²) in [5.41, 5.74) is 3.55. The molecule has 0 saturated carbocycles. The maximum absolute atomic E-state index is 9.77. The maximum Gasteiger partial charge on any atom is 0.0836 e. The second-order valence-electron chi connectivity index (χ2n) is 4.97. The normalized spacial score (nSPS) is 12.8. The first-order chi connectivity index (χ1) is 7.97. The van der Waals surface area contributed by atoms with Gasteiger partial charge in [-0.3, -0.25) is 0 Å². The number of hydrogen-bond acceptors (Lipinski definition) is 3. The summed E-state index contributed by atoms with van der Waals surface area (Å²) in [4.78, 5) is 0. The fourth-order valence-electron chi connectivity index (χ4n) is 1.76. The van der Waals surface area contributed by atoms with Crippen LogP contribution in [0.2, 0.25) is 0 Å². The number of rotatable bonds is 6. The van der Waals surface area contributed by atoms with Gasteiger partial charge in [-0.05, 0) is 37.1 Å². The Morgan fingerprint density at radius 1 is 1.06 bits per heavy atom. The minimum atomic E-state index is -0.363. The Balaban J connectivity index is 2.39. The molecule has 3 heteroatoms. The number of aliphatic hydroxyl groups is 1. The number of aryl methyl sites for hydroxylation is 2. The zero-order chi connectivity index (χ0) is 12.8. The second-order valence-corrected chi connectivity index (χ2v) is 4.97. The lowest BCUT2D eigenvalue weighted by Crippen LogP contribution is -2.35. The van der Waals surface area contributed by atoms with Gasteiger partial charge < -0.3 is 15.7 Å². The van der Waals surface area contributed by atoms with Crippen LogP contribution in [0.3, 0.4) is 0 Å². The van der Waals surface area contributed by atoms with Crippen molar-refractivity contribution in [2.24, 2.45) is 0 Å². The number of hydrogen-bond donors (Lipinski definition) is 3. The van der Waals surface area contributed by atoms with E-state index in [1.807, 2.05) is 0 Å². The largest absolute Gasteiger partial charge is 0.390 e. The summed E-state index contributed by atoms with van der Waals surface area (Å²) >= 11 is 0. The SMILES string of the molecule is Cc1cc(C)cc(NCC(O)CNC(C)C)c1. The van der Waals surface area contributed by atoms with Crippen LogP contribution < -0.4 is 10.6 Å². The van der Waals surface area contributed by atoms with Gasteiger partial charge in [-0.25, -0.2) is 0 Å². The third kappa shape index (κ3) is 5.71. The third-order valence-electron chi connectivity index (χ3n) is 2.53. The van der Waals surface area contributed by atoms with Gasteiger partial charge in [0.1, 0.15) is 0 Å². The zero-order valence-corrected chi connectivity index (χ0v) is 11.2. The zero-order valence-electron chi connectivity index (χ0n) is 11.2. The first-order valence-electron chi connectivity index (χ1n) is 6.21. The van der Waals surface area contributed by atoms with Gasteiger partial charge in [-0.1, -0.05) is 19.9 Å². The molecule has 1 rings (SSSR count). The smallest absolute Gasteiger partial charge is 0.0836 e. The topological polar surface area (TPSA) is 44.3 Å². The molecule has 96 valence electrons. The molecule has 3 N–H and O–H groups in total. The van der Waals surface area contributed by atoms with Crippen molar-refractivity contribution in [3.8, 4) is 0 Å². The predicted molar refractivity (Wildman–Crippen MR) is 73.6 cm³/mol. The Hall–Kier alpha value is -1.06. The van der Waals surface area contributed by atoms with E-state index in [0.717, 1.165) is 5.69 Å².